The molecular weight excluding hydrogens is 372 g/mol. The third-order valence-electron chi connectivity index (χ3n) is 6.43. The smallest absolute Gasteiger partial charge is 0.233 e. The molecule has 0 unspecified atom stereocenters. The molecule has 0 bridgehead atoms. The van der Waals surface area contributed by atoms with E-state index in [9.17, 15) is 4.79 Å². The predicted molar refractivity (Wildman–Crippen MR) is 117 cm³/mol. The molecule has 0 atom stereocenters. The molecule has 2 fully saturated rings. The van der Waals surface area contributed by atoms with Crippen LogP contribution in [0.15, 0.2) is 24.3 Å². The van der Waals surface area contributed by atoms with Gasteiger partial charge in [0.2, 0.25) is 5.91 Å². The number of carbonyl (C=O) groups is 1. The Labute approximate surface area is 176 Å². The largest absolute Gasteiger partial charge is 0.378 e. The molecule has 5 heteroatoms. The summed E-state index contributed by atoms with van der Waals surface area (Å²) in [5.41, 5.74) is 7.80. The first-order valence-electron chi connectivity index (χ1n) is 10.8. The van der Waals surface area contributed by atoms with Gasteiger partial charge in [0.25, 0.3) is 0 Å². The van der Waals surface area contributed by atoms with Gasteiger partial charge in [0.15, 0.2) is 0 Å². The molecule has 1 aromatic rings. The fraction of sp³-hybridized carbons (Fsp3) is 0.696. The number of ether oxygens (including phenoxy) is 1. The molecular formula is C23H37ClN2O2. The van der Waals surface area contributed by atoms with Gasteiger partial charge >= 0.3 is 0 Å². The first-order valence-corrected chi connectivity index (χ1v) is 10.8. The lowest BCUT2D eigenvalue weighted by molar-refractivity contribution is -0.140. The van der Waals surface area contributed by atoms with E-state index in [0.717, 1.165) is 64.6 Å². The lowest BCUT2D eigenvalue weighted by Gasteiger charge is -2.39. The van der Waals surface area contributed by atoms with Gasteiger partial charge < -0.3 is 15.4 Å². The Kier molecular flexibility index (Phi) is 8.79. The maximum absolute atomic E-state index is 13.6. The van der Waals surface area contributed by atoms with E-state index in [-0.39, 0.29) is 23.9 Å². The van der Waals surface area contributed by atoms with Crippen LogP contribution >= 0.6 is 12.4 Å². The molecule has 0 radical (unpaired) electrons. The number of nitrogens with zero attached hydrogens (tertiary/aromatic N) is 1. The number of halogens is 1. The van der Waals surface area contributed by atoms with Gasteiger partial charge in [-0.1, -0.05) is 51.0 Å². The molecule has 28 heavy (non-hydrogen) atoms. The summed E-state index contributed by atoms with van der Waals surface area (Å²) in [6.07, 6.45) is 7.35. The number of carbonyl (C=O) groups excluding carboxylic acids is 1. The zero-order valence-electron chi connectivity index (χ0n) is 17.5. The number of hydrogen-bond donors (Lipinski definition) is 1. The normalized spacial score (nSPS) is 19.6. The topological polar surface area (TPSA) is 55.6 Å². The van der Waals surface area contributed by atoms with Crippen molar-refractivity contribution in [2.24, 2.45) is 5.73 Å². The Balaban J connectivity index is 0.00000280. The van der Waals surface area contributed by atoms with Gasteiger partial charge in [-0.15, -0.1) is 12.4 Å². The number of rotatable bonds is 7. The monoisotopic (exact) mass is 408 g/mol. The van der Waals surface area contributed by atoms with E-state index in [4.69, 9.17) is 10.5 Å². The van der Waals surface area contributed by atoms with Crippen LogP contribution in [0.3, 0.4) is 0 Å². The Morgan fingerprint density at radius 3 is 2.32 bits per heavy atom. The van der Waals surface area contributed by atoms with E-state index in [1.54, 1.807) is 0 Å². The summed E-state index contributed by atoms with van der Waals surface area (Å²) >= 11 is 0. The summed E-state index contributed by atoms with van der Waals surface area (Å²) < 4.78 is 5.90. The first-order chi connectivity index (χ1) is 13.1. The van der Waals surface area contributed by atoms with Crippen molar-refractivity contribution in [1.29, 1.82) is 0 Å². The molecule has 1 saturated heterocycles. The highest BCUT2D eigenvalue weighted by Gasteiger charge is 2.45. The zero-order chi connectivity index (χ0) is 19.3. The van der Waals surface area contributed by atoms with Crippen molar-refractivity contribution in [3.05, 3.63) is 35.4 Å². The SMILES string of the molecule is CC(C)c1ccc(C2(C(=O)N3CCC(OCCCN)CC3)CCCC2)cc1.Cl. The van der Waals surface area contributed by atoms with Crippen molar-refractivity contribution in [2.75, 3.05) is 26.2 Å². The van der Waals surface area contributed by atoms with Crippen LogP contribution < -0.4 is 5.73 Å². The summed E-state index contributed by atoms with van der Waals surface area (Å²) in [5, 5.41) is 0. The molecule has 3 rings (SSSR count). The Hall–Kier alpha value is -1.10. The van der Waals surface area contributed by atoms with E-state index in [1.807, 2.05) is 0 Å². The lowest BCUT2D eigenvalue weighted by Crippen LogP contribution is -2.49. The maximum atomic E-state index is 13.6. The van der Waals surface area contributed by atoms with Gasteiger partial charge in [-0.2, -0.15) is 0 Å². The minimum Gasteiger partial charge on any atom is -0.378 e. The van der Waals surface area contributed by atoms with E-state index in [0.29, 0.717) is 18.4 Å². The molecule has 0 aromatic heterocycles. The van der Waals surface area contributed by atoms with Gasteiger partial charge in [-0.05, 0) is 55.7 Å². The highest BCUT2D eigenvalue weighted by molar-refractivity contribution is 5.88. The van der Waals surface area contributed by atoms with Crippen LogP contribution in [-0.2, 0) is 14.9 Å². The van der Waals surface area contributed by atoms with Crippen molar-refractivity contribution in [3.63, 3.8) is 0 Å². The molecule has 0 spiro atoms. The third kappa shape index (κ3) is 5.08. The van der Waals surface area contributed by atoms with Crippen molar-refractivity contribution >= 4 is 18.3 Å². The quantitative estimate of drug-likeness (QED) is 0.680. The van der Waals surface area contributed by atoms with Gasteiger partial charge in [0.05, 0.1) is 11.5 Å². The van der Waals surface area contributed by atoms with E-state index < -0.39 is 0 Å². The summed E-state index contributed by atoms with van der Waals surface area (Å²) in [6, 6.07) is 8.85. The minimum absolute atomic E-state index is 0. The summed E-state index contributed by atoms with van der Waals surface area (Å²) in [6.45, 7) is 7.48. The average Bonchev–Trinajstić information content (AvgIpc) is 3.19. The van der Waals surface area contributed by atoms with Crippen LogP contribution in [0.1, 0.15) is 75.8 Å². The molecule has 1 aromatic carbocycles. The minimum atomic E-state index is -0.303. The van der Waals surface area contributed by atoms with Gasteiger partial charge in [-0.3, -0.25) is 4.79 Å². The Morgan fingerprint density at radius 1 is 1.18 bits per heavy atom. The summed E-state index contributed by atoms with van der Waals surface area (Å²) in [7, 11) is 0. The molecule has 1 amide bonds. The van der Waals surface area contributed by atoms with Crippen LogP contribution in [0.25, 0.3) is 0 Å². The number of likely N-dealkylation sites (tertiary alicyclic amines) is 1. The summed E-state index contributed by atoms with van der Waals surface area (Å²) in [4.78, 5) is 15.7. The van der Waals surface area contributed by atoms with Crippen LogP contribution in [0.4, 0.5) is 0 Å². The van der Waals surface area contributed by atoms with Crippen LogP contribution in [0.5, 0.6) is 0 Å². The predicted octanol–water partition coefficient (Wildman–Crippen LogP) is 4.40. The van der Waals surface area contributed by atoms with E-state index >= 15 is 0 Å². The van der Waals surface area contributed by atoms with Crippen molar-refractivity contribution < 1.29 is 9.53 Å². The Morgan fingerprint density at radius 2 is 1.79 bits per heavy atom. The van der Waals surface area contributed by atoms with Crippen LogP contribution in [0.2, 0.25) is 0 Å². The highest BCUT2D eigenvalue weighted by atomic mass is 35.5. The first kappa shape index (κ1) is 23.2. The Bertz CT molecular complexity index is 604. The fourth-order valence-electron chi connectivity index (χ4n) is 4.65. The number of piperidine rings is 1. The molecule has 158 valence electrons. The van der Waals surface area contributed by atoms with Crippen molar-refractivity contribution in [2.45, 2.75) is 76.2 Å². The fourth-order valence-corrected chi connectivity index (χ4v) is 4.65. The molecule has 1 aliphatic heterocycles. The standard InChI is InChI=1S/C23H36N2O2.ClH/c1-18(2)19-6-8-20(9-7-19)23(12-3-4-13-23)22(26)25-15-10-21(11-16-25)27-17-5-14-24;/h6-9,18,21H,3-5,10-17,24H2,1-2H3;1H. The number of nitrogens with two attached hydrogens (primary N) is 1. The summed E-state index contributed by atoms with van der Waals surface area (Å²) in [5.74, 6) is 0.866. The van der Waals surface area contributed by atoms with Gasteiger partial charge in [-0.25, -0.2) is 0 Å². The highest BCUT2D eigenvalue weighted by Crippen LogP contribution is 2.43. The second-order valence-corrected chi connectivity index (χ2v) is 8.57. The van der Waals surface area contributed by atoms with E-state index in [2.05, 4.69) is 43.0 Å². The van der Waals surface area contributed by atoms with Crippen LogP contribution in [0, 0.1) is 0 Å². The van der Waals surface area contributed by atoms with Gasteiger partial charge in [0.1, 0.15) is 0 Å². The maximum Gasteiger partial charge on any atom is 0.233 e. The number of hydrogen-bond acceptors (Lipinski definition) is 3. The lowest BCUT2D eigenvalue weighted by atomic mass is 9.76. The van der Waals surface area contributed by atoms with Crippen molar-refractivity contribution in [1.82, 2.24) is 4.90 Å². The van der Waals surface area contributed by atoms with Crippen LogP contribution in [-0.4, -0.2) is 43.2 Å². The average molecular weight is 409 g/mol. The number of benzene rings is 1. The third-order valence-corrected chi connectivity index (χ3v) is 6.43. The molecule has 1 heterocycles. The number of amides is 1. The van der Waals surface area contributed by atoms with Crippen molar-refractivity contribution in [3.8, 4) is 0 Å². The molecule has 2 aliphatic rings. The zero-order valence-corrected chi connectivity index (χ0v) is 18.3. The molecule has 1 aliphatic carbocycles. The van der Waals surface area contributed by atoms with Gasteiger partial charge in [0, 0.05) is 19.7 Å². The second kappa shape index (κ2) is 10.6. The second-order valence-electron chi connectivity index (χ2n) is 8.57. The molecule has 4 nitrogen and oxygen atoms in total. The van der Waals surface area contributed by atoms with E-state index in [1.165, 1.54) is 11.1 Å². The molecule has 2 N–H and O–H groups in total. The molecule has 1 saturated carbocycles.